The lowest BCUT2D eigenvalue weighted by Gasteiger charge is -2.08. The van der Waals surface area contributed by atoms with Gasteiger partial charge in [-0.15, -0.1) is 0 Å². The Hall–Kier alpha value is -0.880. The molecule has 2 N–H and O–H groups in total. The SMILES string of the molecule is Cc1n[nH]c(C)c1S(=O)(=O)NC1C(C)(C)C1(C)C. The third-order valence-electron chi connectivity index (χ3n) is 4.62. The fourth-order valence-electron chi connectivity index (χ4n) is 2.64. The number of hydrogen-bond acceptors (Lipinski definition) is 3. The van der Waals surface area contributed by atoms with Crippen molar-refractivity contribution in [3.63, 3.8) is 0 Å². The minimum absolute atomic E-state index is 0.0222. The maximum atomic E-state index is 12.4. The van der Waals surface area contributed by atoms with Crippen molar-refractivity contribution < 1.29 is 8.42 Å². The Morgan fingerprint density at radius 3 is 2.00 bits per heavy atom. The molecule has 0 aliphatic heterocycles. The molecule has 1 aliphatic rings. The number of nitrogens with zero attached hydrogens (tertiary/aromatic N) is 1. The van der Waals surface area contributed by atoms with Crippen molar-refractivity contribution >= 4 is 10.0 Å². The van der Waals surface area contributed by atoms with Crippen molar-refractivity contribution in [3.05, 3.63) is 11.4 Å². The van der Waals surface area contributed by atoms with Gasteiger partial charge in [-0.05, 0) is 24.7 Å². The first-order valence-electron chi connectivity index (χ1n) is 6.05. The maximum Gasteiger partial charge on any atom is 0.244 e. The largest absolute Gasteiger partial charge is 0.281 e. The van der Waals surface area contributed by atoms with E-state index in [-0.39, 0.29) is 21.8 Å². The van der Waals surface area contributed by atoms with Crippen LogP contribution in [0.1, 0.15) is 39.1 Å². The molecule has 0 unspecified atom stereocenters. The van der Waals surface area contributed by atoms with Crippen LogP contribution in [0.3, 0.4) is 0 Å². The number of aryl methyl sites for hydroxylation is 2. The lowest BCUT2D eigenvalue weighted by Crippen LogP contribution is -2.30. The lowest BCUT2D eigenvalue weighted by atomic mass is 10.0. The molecule has 1 aliphatic carbocycles. The molecule has 5 nitrogen and oxygen atoms in total. The Morgan fingerprint density at radius 2 is 1.67 bits per heavy atom. The summed E-state index contributed by atoms with van der Waals surface area (Å²) in [5.74, 6) is 0. The number of hydrogen-bond donors (Lipinski definition) is 2. The molecule has 0 aromatic carbocycles. The fraction of sp³-hybridized carbons (Fsp3) is 0.750. The van der Waals surface area contributed by atoms with Crippen molar-refractivity contribution in [2.45, 2.75) is 52.5 Å². The minimum Gasteiger partial charge on any atom is -0.281 e. The standard InChI is InChI=1S/C12H21N3O2S/c1-7-9(8(2)14-13-7)18(16,17)15-10-11(3,4)12(10,5)6/h10,15H,1-6H3,(H,13,14). The van der Waals surface area contributed by atoms with E-state index in [1.165, 1.54) is 0 Å². The molecule has 6 heteroatoms. The molecule has 2 rings (SSSR count). The summed E-state index contributed by atoms with van der Waals surface area (Å²) in [6.45, 7) is 11.7. The summed E-state index contributed by atoms with van der Waals surface area (Å²) in [4.78, 5) is 0.279. The van der Waals surface area contributed by atoms with E-state index in [0.29, 0.717) is 11.4 Å². The second-order valence-electron chi connectivity index (χ2n) is 6.26. The highest BCUT2D eigenvalue weighted by Crippen LogP contribution is 2.62. The Kier molecular flexibility index (Phi) is 2.69. The van der Waals surface area contributed by atoms with Crippen molar-refractivity contribution in [2.75, 3.05) is 0 Å². The van der Waals surface area contributed by atoms with Gasteiger partial charge in [-0.3, -0.25) is 5.10 Å². The highest BCUT2D eigenvalue weighted by Gasteiger charge is 2.66. The van der Waals surface area contributed by atoms with Gasteiger partial charge < -0.3 is 0 Å². The molecule has 1 aromatic rings. The normalized spacial score (nSPS) is 22.1. The second-order valence-corrected chi connectivity index (χ2v) is 7.91. The average Bonchev–Trinajstić information content (AvgIpc) is 2.53. The molecule has 0 spiro atoms. The highest BCUT2D eigenvalue weighted by atomic mass is 32.2. The van der Waals surface area contributed by atoms with Gasteiger partial charge in [0.15, 0.2) is 0 Å². The zero-order valence-electron chi connectivity index (χ0n) is 11.7. The molecule has 0 radical (unpaired) electrons. The van der Waals surface area contributed by atoms with Gasteiger partial charge in [-0.1, -0.05) is 27.7 Å². The van der Waals surface area contributed by atoms with Crippen LogP contribution in [0.2, 0.25) is 0 Å². The first kappa shape index (κ1) is 13.5. The van der Waals surface area contributed by atoms with Gasteiger partial charge in [0.2, 0.25) is 10.0 Å². The van der Waals surface area contributed by atoms with E-state index >= 15 is 0 Å². The molecular weight excluding hydrogens is 250 g/mol. The first-order valence-corrected chi connectivity index (χ1v) is 7.54. The van der Waals surface area contributed by atoms with Gasteiger partial charge in [-0.2, -0.15) is 5.10 Å². The van der Waals surface area contributed by atoms with Gasteiger partial charge in [0.05, 0.1) is 11.4 Å². The summed E-state index contributed by atoms with van der Waals surface area (Å²) < 4.78 is 27.6. The zero-order chi connectivity index (χ0) is 13.9. The van der Waals surface area contributed by atoms with Gasteiger partial charge in [0, 0.05) is 6.04 Å². The van der Waals surface area contributed by atoms with E-state index in [1.807, 2.05) is 0 Å². The summed E-state index contributed by atoms with van der Waals surface area (Å²) in [5, 5.41) is 6.65. The quantitative estimate of drug-likeness (QED) is 0.879. The summed E-state index contributed by atoms with van der Waals surface area (Å²) in [5.41, 5.74) is 1.05. The van der Waals surface area contributed by atoms with Crippen LogP contribution >= 0.6 is 0 Å². The predicted octanol–water partition coefficient (Wildman–Crippen LogP) is 1.74. The monoisotopic (exact) mass is 271 g/mol. The van der Waals surface area contributed by atoms with E-state index in [9.17, 15) is 8.42 Å². The third-order valence-corrected chi connectivity index (χ3v) is 6.31. The molecule has 0 saturated heterocycles. The number of H-pyrrole nitrogens is 1. The molecule has 1 fully saturated rings. The summed E-state index contributed by atoms with van der Waals surface area (Å²) in [7, 11) is -3.50. The van der Waals surface area contributed by atoms with Crippen molar-refractivity contribution in [1.29, 1.82) is 0 Å². The smallest absolute Gasteiger partial charge is 0.244 e. The number of nitrogens with one attached hydrogen (secondary N) is 2. The topological polar surface area (TPSA) is 74.8 Å². The van der Waals surface area contributed by atoms with Gasteiger partial charge in [0.1, 0.15) is 4.90 Å². The number of rotatable bonds is 3. The summed E-state index contributed by atoms with van der Waals surface area (Å²) >= 11 is 0. The Morgan fingerprint density at radius 1 is 1.17 bits per heavy atom. The van der Waals surface area contributed by atoms with Crippen LogP contribution in [-0.4, -0.2) is 24.7 Å². The fourth-order valence-corrected chi connectivity index (χ4v) is 4.54. The van der Waals surface area contributed by atoms with E-state index < -0.39 is 10.0 Å². The molecule has 0 bridgehead atoms. The van der Waals surface area contributed by atoms with Crippen LogP contribution in [0.15, 0.2) is 4.90 Å². The lowest BCUT2D eigenvalue weighted by molar-refractivity contribution is 0.457. The first-order chi connectivity index (χ1) is 8.02. The Labute approximate surface area is 108 Å². The van der Waals surface area contributed by atoms with Crippen LogP contribution in [0, 0.1) is 24.7 Å². The molecule has 1 saturated carbocycles. The predicted molar refractivity (Wildman–Crippen MR) is 69.7 cm³/mol. The van der Waals surface area contributed by atoms with Crippen LogP contribution in [0.4, 0.5) is 0 Å². The van der Waals surface area contributed by atoms with Crippen LogP contribution in [0.5, 0.6) is 0 Å². The zero-order valence-corrected chi connectivity index (χ0v) is 12.6. The Bertz CT molecular complexity index is 551. The van der Waals surface area contributed by atoms with E-state index in [4.69, 9.17) is 0 Å². The van der Waals surface area contributed by atoms with Crippen molar-refractivity contribution in [2.24, 2.45) is 10.8 Å². The van der Waals surface area contributed by atoms with E-state index in [0.717, 1.165) is 0 Å². The third kappa shape index (κ3) is 1.70. The van der Waals surface area contributed by atoms with Gasteiger partial charge in [0.25, 0.3) is 0 Å². The van der Waals surface area contributed by atoms with Crippen LogP contribution < -0.4 is 4.72 Å². The van der Waals surface area contributed by atoms with E-state index in [1.54, 1.807) is 13.8 Å². The van der Waals surface area contributed by atoms with Crippen molar-refractivity contribution in [1.82, 2.24) is 14.9 Å². The second kappa shape index (κ2) is 3.57. The highest BCUT2D eigenvalue weighted by molar-refractivity contribution is 7.89. The number of sulfonamides is 1. The molecule has 18 heavy (non-hydrogen) atoms. The molecule has 0 atom stereocenters. The van der Waals surface area contributed by atoms with Crippen LogP contribution in [0.25, 0.3) is 0 Å². The van der Waals surface area contributed by atoms with Crippen molar-refractivity contribution in [3.8, 4) is 0 Å². The van der Waals surface area contributed by atoms with E-state index in [2.05, 4.69) is 42.6 Å². The number of aromatic nitrogens is 2. The maximum absolute atomic E-state index is 12.4. The number of aromatic amines is 1. The molecule has 102 valence electrons. The molecular formula is C12H21N3O2S. The molecule has 1 heterocycles. The summed E-state index contributed by atoms with van der Waals surface area (Å²) in [6, 6.07) is -0.0382. The summed E-state index contributed by atoms with van der Waals surface area (Å²) in [6.07, 6.45) is 0. The van der Waals surface area contributed by atoms with Gasteiger partial charge in [-0.25, -0.2) is 13.1 Å². The minimum atomic E-state index is -3.50. The van der Waals surface area contributed by atoms with Gasteiger partial charge >= 0.3 is 0 Å². The molecule has 1 aromatic heterocycles. The van der Waals surface area contributed by atoms with Crippen LogP contribution in [-0.2, 0) is 10.0 Å². The molecule has 0 amide bonds. The average molecular weight is 271 g/mol. The Balaban J connectivity index is 2.31.